The number of benzene rings is 1. The summed E-state index contributed by atoms with van der Waals surface area (Å²) >= 11 is 0. The minimum atomic E-state index is -0.546. The van der Waals surface area contributed by atoms with Crippen molar-refractivity contribution in [1.29, 1.82) is 0 Å². The predicted molar refractivity (Wildman–Crippen MR) is 136 cm³/mol. The molecule has 188 valence electrons. The largest absolute Gasteiger partial charge is 0.444 e. The molecule has 0 radical (unpaired) electrons. The summed E-state index contributed by atoms with van der Waals surface area (Å²) in [5, 5.41) is 3.03. The van der Waals surface area contributed by atoms with Crippen molar-refractivity contribution >= 4 is 12.0 Å². The summed E-state index contributed by atoms with van der Waals surface area (Å²) in [6.45, 7) is 14.1. The number of carbonyl (C=O) groups is 2. The highest BCUT2D eigenvalue weighted by atomic mass is 16.6. The Kier molecular flexibility index (Phi) is 7.45. The molecule has 0 aliphatic carbocycles. The van der Waals surface area contributed by atoms with Crippen molar-refractivity contribution in [3.8, 4) is 0 Å². The molecule has 2 aliphatic heterocycles. The Hall–Kier alpha value is -2.93. The van der Waals surface area contributed by atoms with Crippen molar-refractivity contribution < 1.29 is 14.3 Å². The van der Waals surface area contributed by atoms with Gasteiger partial charge in [0.2, 0.25) is 0 Å². The third-order valence-electron chi connectivity index (χ3n) is 7.06. The zero-order valence-corrected chi connectivity index (χ0v) is 21.6. The molecule has 0 saturated carbocycles. The van der Waals surface area contributed by atoms with Gasteiger partial charge in [-0.25, -0.2) is 4.79 Å². The second-order valence-electron chi connectivity index (χ2n) is 11.0. The minimum absolute atomic E-state index is 0.166. The average Bonchev–Trinajstić information content (AvgIpc) is 3.35. The molecule has 2 amide bonds. The van der Waals surface area contributed by atoms with E-state index < -0.39 is 11.7 Å². The van der Waals surface area contributed by atoms with Crippen LogP contribution in [0.2, 0.25) is 0 Å². The topological polar surface area (TPSA) is 74.8 Å². The standard InChI is InChI=1S/C28H38N4O3/c1-19-8-6-9-20(2)25(19)26(33)32-17-22-15-31(16-23(22)18-32)13-11-24(21-10-7-12-29-14-21)30-27(34)35-28(3,4)5/h6-10,12,14,22-24H,11,13,15-18H2,1-5H3,(H,30,34)/t22?,23?,24-/m0/s1. The molecule has 0 bridgehead atoms. The molecule has 2 saturated heterocycles. The molecular formula is C28H38N4O3. The van der Waals surface area contributed by atoms with Gasteiger partial charge in [0.15, 0.2) is 0 Å². The van der Waals surface area contributed by atoms with Crippen molar-refractivity contribution in [3.63, 3.8) is 0 Å². The van der Waals surface area contributed by atoms with Gasteiger partial charge in [0.1, 0.15) is 5.60 Å². The highest BCUT2D eigenvalue weighted by Gasteiger charge is 2.42. The molecule has 1 N–H and O–H groups in total. The zero-order chi connectivity index (χ0) is 25.2. The number of aryl methyl sites for hydroxylation is 2. The first-order valence-electron chi connectivity index (χ1n) is 12.6. The summed E-state index contributed by atoms with van der Waals surface area (Å²) in [6, 6.07) is 9.76. The fraction of sp³-hybridized carbons (Fsp3) is 0.536. The second-order valence-corrected chi connectivity index (χ2v) is 11.0. The Morgan fingerprint density at radius 3 is 2.29 bits per heavy atom. The van der Waals surface area contributed by atoms with Gasteiger partial charge in [0.25, 0.3) is 5.91 Å². The second kappa shape index (κ2) is 10.4. The Balaban J connectivity index is 1.33. The summed E-state index contributed by atoms with van der Waals surface area (Å²) in [5.41, 5.74) is 3.39. The summed E-state index contributed by atoms with van der Waals surface area (Å²) in [5.74, 6) is 1.16. The summed E-state index contributed by atoms with van der Waals surface area (Å²) < 4.78 is 5.49. The van der Waals surface area contributed by atoms with Crippen molar-refractivity contribution in [1.82, 2.24) is 20.1 Å². The number of alkyl carbamates (subject to hydrolysis) is 1. The maximum atomic E-state index is 13.2. The maximum Gasteiger partial charge on any atom is 0.408 e. The number of aromatic nitrogens is 1. The van der Waals surface area contributed by atoms with Crippen LogP contribution in [0.3, 0.4) is 0 Å². The molecular weight excluding hydrogens is 440 g/mol. The van der Waals surface area contributed by atoms with Crippen LogP contribution in [-0.2, 0) is 4.74 Å². The number of amides is 2. The molecule has 2 aliphatic rings. The van der Waals surface area contributed by atoms with Crippen LogP contribution < -0.4 is 5.32 Å². The lowest BCUT2D eigenvalue weighted by molar-refractivity contribution is 0.0498. The Bertz CT molecular complexity index is 1020. The van der Waals surface area contributed by atoms with Gasteiger partial charge in [0.05, 0.1) is 6.04 Å². The number of fused-ring (bicyclic) bond motifs is 1. The van der Waals surface area contributed by atoms with E-state index in [-0.39, 0.29) is 11.9 Å². The van der Waals surface area contributed by atoms with Crippen LogP contribution in [0.25, 0.3) is 0 Å². The van der Waals surface area contributed by atoms with Crippen LogP contribution in [-0.4, -0.2) is 65.1 Å². The SMILES string of the molecule is Cc1cccc(C)c1C(=O)N1CC2CN(CC[C@H](NC(=O)OC(C)(C)C)c3cccnc3)CC2C1. The van der Waals surface area contributed by atoms with Gasteiger partial charge < -0.3 is 19.9 Å². The van der Waals surface area contributed by atoms with E-state index >= 15 is 0 Å². The van der Waals surface area contributed by atoms with Gasteiger partial charge in [-0.05, 0) is 75.6 Å². The normalized spacial score (nSPS) is 21.0. The number of hydrogen-bond acceptors (Lipinski definition) is 5. The number of hydrogen-bond donors (Lipinski definition) is 1. The first-order chi connectivity index (χ1) is 16.6. The van der Waals surface area contributed by atoms with E-state index in [1.54, 1.807) is 12.4 Å². The number of nitrogens with one attached hydrogen (secondary N) is 1. The number of nitrogens with zero attached hydrogens (tertiary/aromatic N) is 3. The van der Waals surface area contributed by atoms with Crippen LogP contribution in [0.1, 0.15) is 60.3 Å². The van der Waals surface area contributed by atoms with E-state index in [0.29, 0.717) is 11.8 Å². The maximum absolute atomic E-state index is 13.2. The lowest BCUT2D eigenvalue weighted by Crippen LogP contribution is -2.37. The summed E-state index contributed by atoms with van der Waals surface area (Å²) in [6.07, 6.45) is 3.90. The van der Waals surface area contributed by atoms with Gasteiger partial charge in [-0.1, -0.05) is 24.3 Å². The average molecular weight is 479 g/mol. The third kappa shape index (κ3) is 6.20. The van der Waals surface area contributed by atoms with Crippen LogP contribution in [0, 0.1) is 25.7 Å². The van der Waals surface area contributed by atoms with E-state index in [4.69, 9.17) is 4.74 Å². The molecule has 7 heteroatoms. The van der Waals surface area contributed by atoms with Crippen molar-refractivity contribution in [2.45, 2.75) is 52.7 Å². The number of ether oxygens (including phenoxy) is 1. The van der Waals surface area contributed by atoms with Gasteiger partial charge in [0, 0.05) is 50.7 Å². The molecule has 1 aromatic heterocycles. The van der Waals surface area contributed by atoms with Crippen LogP contribution >= 0.6 is 0 Å². The van der Waals surface area contributed by atoms with Gasteiger partial charge in [-0.15, -0.1) is 0 Å². The molecule has 3 heterocycles. The monoisotopic (exact) mass is 478 g/mol. The molecule has 2 fully saturated rings. The number of likely N-dealkylation sites (tertiary alicyclic amines) is 2. The van der Waals surface area contributed by atoms with E-state index in [0.717, 1.165) is 61.4 Å². The number of rotatable bonds is 6. The quantitative estimate of drug-likeness (QED) is 0.668. The number of pyridine rings is 1. The Morgan fingerprint density at radius 2 is 1.71 bits per heavy atom. The fourth-order valence-corrected chi connectivity index (χ4v) is 5.41. The molecule has 2 aromatic rings. The van der Waals surface area contributed by atoms with Crippen molar-refractivity contribution in [2.75, 3.05) is 32.7 Å². The van der Waals surface area contributed by atoms with Crippen molar-refractivity contribution in [2.24, 2.45) is 11.8 Å². The highest BCUT2D eigenvalue weighted by Crippen LogP contribution is 2.33. The Labute approximate surface area is 208 Å². The first kappa shape index (κ1) is 25.2. The van der Waals surface area contributed by atoms with Gasteiger partial charge in [-0.3, -0.25) is 9.78 Å². The van der Waals surface area contributed by atoms with Crippen LogP contribution in [0.15, 0.2) is 42.7 Å². The van der Waals surface area contributed by atoms with E-state index in [1.165, 1.54) is 0 Å². The lowest BCUT2D eigenvalue weighted by Gasteiger charge is -2.26. The first-order valence-corrected chi connectivity index (χ1v) is 12.6. The van der Waals surface area contributed by atoms with E-state index in [9.17, 15) is 9.59 Å². The fourth-order valence-electron chi connectivity index (χ4n) is 5.41. The van der Waals surface area contributed by atoms with Crippen molar-refractivity contribution in [3.05, 3.63) is 65.0 Å². The molecule has 1 aromatic carbocycles. The molecule has 3 atom stereocenters. The number of carbonyl (C=O) groups excluding carboxylic acids is 2. The van der Waals surface area contributed by atoms with E-state index in [1.807, 2.05) is 69.9 Å². The summed E-state index contributed by atoms with van der Waals surface area (Å²) in [7, 11) is 0. The van der Waals surface area contributed by atoms with Crippen LogP contribution in [0.4, 0.5) is 4.79 Å². The third-order valence-corrected chi connectivity index (χ3v) is 7.06. The minimum Gasteiger partial charge on any atom is -0.444 e. The molecule has 7 nitrogen and oxygen atoms in total. The Morgan fingerprint density at radius 1 is 1.06 bits per heavy atom. The lowest BCUT2D eigenvalue weighted by atomic mass is 10.0. The molecule has 4 rings (SSSR count). The zero-order valence-electron chi connectivity index (χ0n) is 21.6. The van der Waals surface area contributed by atoms with Gasteiger partial charge >= 0.3 is 6.09 Å². The van der Waals surface area contributed by atoms with E-state index in [2.05, 4.69) is 15.2 Å². The molecule has 2 unspecified atom stereocenters. The van der Waals surface area contributed by atoms with Crippen LogP contribution in [0.5, 0.6) is 0 Å². The molecule has 35 heavy (non-hydrogen) atoms. The summed E-state index contributed by atoms with van der Waals surface area (Å²) in [4.78, 5) is 34.4. The predicted octanol–water partition coefficient (Wildman–Crippen LogP) is 4.36. The smallest absolute Gasteiger partial charge is 0.408 e. The molecule has 0 spiro atoms. The van der Waals surface area contributed by atoms with Gasteiger partial charge in [-0.2, -0.15) is 0 Å². The highest BCUT2D eigenvalue weighted by molar-refractivity contribution is 5.97.